The predicted octanol–water partition coefficient (Wildman–Crippen LogP) is 3.45. The summed E-state index contributed by atoms with van der Waals surface area (Å²) in [4.78, 5) is 25.0. The van der Waals surface area contributed by atoms with Crippen molar-refractivity contribution in [3.63, 3.8) is 0 Å². The summed E-state index contributed by atoms with van der Waals surface area (Å²) in [5, 5.41) is 5.53. The molecule has 6 heteroatoms. The highest BCUT2D eigenvalue weighted by Crippen LogP contribution is 2.35. The van der Waals surface area contributed by atoms with Crippen LogP contribution in [0.25, 0.3) is 0 Å². The predicted molar refractivity (Wildman–Crippen MR) is 97.6 cm³/mol. The lowest BCUT2D eigenvalue weighted by Crippen LogP contribution is -2.45. The zero-order valence-corrected chi connectivity index (χ0v) is 15.5. The largest absolute Gasteiger partial charge is 0.494 e. The smallest absolute Gasteiger partial charge is 0.338 e. The highest BCUT2D eigenvalue weighted by atomic mass is 16.5. The van der Waals surface area contributed by atoms with E-state index in [0.29, 0.717) is 29.5 Å². The third-order valence-corrected chi connectivity index (χ3v) is 5.06. The van der Waals surface area contributed by atoms with E-state index in [-0.39, 0.29) is 18.1 Å². The molecule has 0 aromatic heterocycles. The van der Waals surface area contributed by atoms with E-state index in [1.165, 1.54) is 0 Å². The van der Waals surface area contributed by atoms with Crippen molar-refractivity contribution in [2.24, 2.45) is 5.92 Å². The molecule has 0 bridgehead atoms. The summed E-state index contributed by atoms with van der Waals surface area (Å²) in [6, 6.07) is 6.49. The van der Waals surface area contributed by atoms with Crippen LogP contribution < -0.4 is 15.4 Å². The minimum absolute atomic E-state index is 0.0665. The van der Waals surface area contributed by atoms with Crippen molar-refractivity contribution in [2.75, 3.05) is 6.61 Å². The normalized spacial score (nSPS) is 25.5. The molecule has 0 saturated heterocycles. The van der Waals surface area contributed by atoms with Gasteiger partial charge in [-0.2, -0.15) is 0 Å². The SMILES string of the molecule is CCOc1ccccc1[C@@H]1NC(=O)NC(C)=C1C(=O)O[C@@H]1CCC[C@H]1C. The molecular weight excluding hydrogens is 332 g/mol. The quantitative estimate of drug-likeness (QED) is 0.791. The Bertz CT molecular complexity index is 728. The van der Waals surface area contributed by atoms with Gasteiger partial charge in [0.25, 0.3) is 0 Å². The molecule has 1 fully saturated rings. The summed E-state index contributed by atoms with van der Waals surface area (Å²) in [6.07, 6.45) is 2.96. The molecule has 1 aromatic carbocycles. The Morgan fingerprint density at radius 3 is 2.73 bits per heavy atom. The van der Waals surface area contributed by atoms with E-state index in [0.717, 1.165) is 24.8 Å². The molecule has 3 rings (SSSR count). The number of amides is 2. The van der Waals surface area contributed by atoms with Crippen LogP contribution in [0.2, 0.25) is 0 Å². The van der Waals surface area contributed by atoms with Gasteiger partial charge >= 0.3 is 12.0 Å². The first-order valence-electron chi connectivity index (χ1n) is 9.22. The number of rotatable bonds is 5. The summed E-state index contributed by atoms with van der Waals surface area (Å²) in [5.41, 5.74) is 1.69. The van der Waals surface area contributed by atoms with Gasteiger partial charge in [-0.3, -0.25) is 0 Å². The van der Waals surface area contributed by atoms with Gasteiger partial charge in [0.15, 0.2) is 0 Å². The van der Waals surface area contributed by atoms with Gasteiger partial charge in [-0.15, -0.1) is 0 Å². The number of carbonyl (C=O) groups excluding carboxylic acids is 2. The maximum absolute atomic E-state index is 13.0. The molecule has 1 heterocycles. The fraction of sp³-hybridized carbons (Fsp3) is 0.500. The highest BCUT2D eigenvalue weighted by molar-refractivity contribution is 5.95. The van der Waals surface area contributed by atoms with Gasteiger partial charge in [-0.1, -0.05) is 25.1 Å². The molecule has 0 radical (unpaired) electrons. The molecule has 1 aliphatic heterocycles. The molecule has 1 aromatic rings. The molecule has 0 spiro atoms. The zero-order valence-electron chi connectivity index (χ0n) is 15.5. The van der Waals surface area contributed by atoms with Crippen molar-refractivity contribution in [1.29, 1.82) is 0 Å². The number of esters is 1. The number of hydrogen-bond donors (Lipinski definition) is 2. The molecule has 6 nitrogen and oxygen atoms in total. The number of nitrogens with one attached hydrogen (secondary N) is 2. The standard InChI is InChI=1S/C20H26N2O4/c1-4-25-16-10-6-5-9-14(16)18-17(13(3)21-20(24)22-18)19(23)26-15-11-7-8-12(15)2/h5-6,9-10,12,15,18H,4,7-8,11H2,1-3H3,(H2,21,22,24)/t12-,15-,18+/m1/s1. The Morgan fingerprint density at radius 2 is 2.04 bits per heavy atom. The first-order valence-corrected chi connectivity index (χ1v) is 9.22. The van der Waals surface area contributed by atoms with Crippen molar-refractivity contribution in [2.45, 2.75) is 52.2 Å². The Balaban J connectivity index is 1.93. The van der Waals surface area contributed by atoms with E-state index < -0.39 is 6.04 Å². The van der Waals surface area contributed by atoms with Crippen molar-refractivity contribution in [3.05, 3.63) is 41.1 Å². The second-order valence-corrected chi connectivity index (χ2v) is 6.89. The van der Waals surface area contributed by atoms with Gasteiger partial charge in [0, 0.05) is 11.3 Å². The summed E-state index contributed by atoms with van der Waals surface area (Å²) in [6.45, 7) is 6.23. The fourth-order valence-electron chi connectivity index (χ4n) is 3.69. The average Bonchev–Trinajstić information content (AvgIpc) is 2.99. The number of urea groups is 1. The molecular formula is C20H26N2O4. The van der Waals surface area contributed by atoms with E-state index in [4.69, 9.17) is 9.47 Å². The van der Waals surface area contributed by atoms with Crippen LogP contribution in [0.3, 0.4) is 0 Å². The van der Waals surface area contributed by atoms with Gasteiger partial charge in [0.2, 0.25) is 0 Å². The monoisotopic (exact) mass is 358 g/mol. The second kappa shape index (κ2) is 7.81. The maximum atomic E-state index is 13.0. The second-order valence-electron chi connectivity index (χ2n) is 6.89. The molecule has 3 atom stereocenters. The third kappa shape index (κ3) is 3.69. The highest BCUT2D eigenvalue weighted by Gasteiger charge is 2.36. The van der Waals surface area contributed by atoms with E-state index in [1.54, 1.807) is 6.92 Å². The number of carbonyl (C=O) groups is 2. The van der Waals surface area contributed by atoms with E-state index >= 15 is 0 Å². The van der Waals surface area contributed by atoms with E-state index in [1.807, 2.05) is 31.2 Å². The molecule has 2 N–H and O–H groups in total. The molecule has 2 amide bonds. The van der Waals surface area contributed by atoms with Crippen molar-refractivity contribution < 1.29 is 19.1 Å². The van der Waals surface area contributed by atoms with Gasteiger partial charge < -0.3 is 20.1 Å². The Kier molecular flexibility index (Phi) is 5.49. The molecule has 26 heavy (non-hydrogen) atoms. The van der Waals surface area contributed by atoms with Gasteiger partial charge in [-0.05, 0) is 45.1 Å². The lowest BCUT2D eigenvalue weighted by Gasteiger charge is -2.30. The van der Waals surface area contributed by atoms with Gasteiger partial charge in [0.1, 0.15) is 11.9 Å². The van der Waals surface area contributed by atoms with Gasteiger partial charge in [-0.25, -0.2) is 9.59 Å². The molecule has 2 aliphatic rings. The van der Waals surface area contributed by atoms with Crippen molar-refractivity contribution >= 4 is 12.0 Å². The van der Waals surface area contributed by atoms with Crippen LogP contribution >= 0.6 is 0 Å². The minimum atomic E-state index is -0.601. The fourth-order valence-corrected chi connectivity index (χ4v) is 3.69. The van der Waals surface area contributed by atoms with Crippen LogP contribution in [-0.4, -0.2) is 24.7 Å². The summed E-state index contributed by atoms with van der Waals surface area (Å²) < 4.78 is 11.5. The van der Waals surface area contributed by atoms with Crippen LogP contribution in [0, 0.1) is 5.92 Å². The van der Waals surface area contributed by atoms with Crippen LogP contribution in [0.1, 0.15) is 51.6 Å². The maximum Gasteiger partial charge on any atom is 0.338 e. The Morgan fingerprint density at radius 1 is 1.27 bits per heavy atom. The lowest BCUT2D eigenvalue weighted by atomic mass is 9.94. The summed E-state index contributed by atoms with van der Waals surface area (Å²) in [7, 11) is 0. The first-order chi connectivity index (χ1) is 12.5. The number of allylic oxidation sites excluding steroid dienone is 1. The number of para-hydroxylation sites is 1. The number of benzene rings is 1. The molecule has 1 aliphatic carbocycles. The van der Waals surface area contributed by atoms with E-state index in [9.17, 15) is 9.59 Å². The molecule has 1 saturated carbocycles. The molecule has 140 valence electrons. The van der Waals surface area contributed by atoms with E-state index in [2.05, 4.69) is 17.6 Å². The minimum Gasteiger partial charge on any atom is -0.494 e. The average molecular weight is 358 g/mol. The summed E-state index contributed by atoms with van der Waals surface area (Å²) >= 11 is 0. The summed E-state index contributed by atoms with van der Waals surface area (Å²) in [5.74, 6) is 0.625. The first kappa shape index (κ1) is 18.3. The lowest BCUT2D eigenvalue weighted by molar-refractivity contribution is -0.146. The third-order valence-electron chi connectivity index (χ3n) is 5.06. The van der Waals surface area contributed by atoms with Crippen molar-refractivity contribution in [3.8, 4) is 5.75 Å². The Labute approximate surface area is 153 Å². The zero-order chi connectivity index (χ0) is 18.7. The van der Waals surface area contributed by atoms with Crippen LogP contribution in [-0.2, 0) is 9.53 Å². The van der Waals surface area contributed by atoms with Crippen LogP contribution in [0.4, 0.5) is 4.79 Å². The Hall–Kier alpha value is -2.50. The number of hydrogen-bond acceptors (Lipinski definition) is 4. The number of ether oxygens (including phenoxy) is 2. The van der Waals surface area contributed by atoms with Crippen LogP contribution in [0.15, 0.2) is 35.5 Å². The van der Waals surface area contributed by atoms with Gasteiger partial charge in [0.05, 0.1) is 18.2 Å². The van der Waals surface area contributed by atoms with Crippen molar-refractivity contribution in [1.82, 2.24) is 10.6 Å². The van der Waals surface area contributed by atoms with Crippen LogP contribution in [0.5, 0.6) is 5.75 Å². The molecule has 0 unspecified atom stereocenters. The topological polar surface area (TPSA) is 76.7 Å².